The highest BCUT2D eigenvalue weighted by molar-refractivity contribution is 6.04. The van der Waals surface area contributed by atoms with Crippen molar-refractivity contribution >= 4 is 0 Å². The molecule has 2 aromatic carbocycles. The van der Waals surface area contributed by atoms with E-state index in [0.29, 0.717) is 36.2 Å². The number of ether oxygens (including phenoxy) is 2. The second-order valence-electron chi connectivity index (χ2n) is 13.3. The van der Waals surface area contributed by atoms with Gasteiger partial charge in [-0.15, -0.1) is 0 Å². The van der Waals surface area contributed by atoms with Crippen LogP contribution >= 0.6 is 0 Å². The van der Waals surface area contributed by atoms with Gasteiger partial charge in [0.2, 0.25) is 5.82 Å². The minimum Gasteiger partial charge on any atom is -0.490 e. The lowest BCUT2D eigenvalue weighted by molar-refractivity contribution is 0.124. The van der Waals surface area contributed by atoms with Crippen molar-refractivity contribution in [1.82, 2.24) is 0 Å². The normalized spacial score (nSPS) is 30.2. The van der Waals surface area contributed by atoms with Crippen molar-refractivity contribution in [3.63, 3.8) is 0 Å². The fourth-order valence-electron chi connectivity index (χ4n) is 7.73. The Bertz CT molecular complexity index is 1170. The molecule has 0 heterocycles. The summed E-state index contributed by atoms with van der Waals surface area (Å²) in [6.07, 6.45) is 14.6. The zero-order valence-corrected chi connectivity index (χ0v) is 23.5. The maximum Gasteiger partial charge on any atom is 0.201 e. The molecule has 0 aliphatic heterocycles. The van der Waals surface area contributed by atoms with Gasteiger partial charge in [0.05, 0.1) is 13.2 Å². The molecule has 39 heavy (non-hydrogen) atoms. The van der Waals surface area contributed by atoms with Gasteiger partial charge in [-0.3, -0.25) is 0 Å². The van der Waals surface area contributed by atoms with Gasteiger partial charge in [-0.2, -0.15) is 4.39 Å². The van der Waals surface area contributed by atoms with Crippen molar-refractivity contribution < 1.29 is 22.6 Å². The summed E-state index contributed by atoms with van der Waals surface area (Å²) in [6.45, 7) is 5.48. The average Bonchev–Trinajstić information content (AvgIpc) is 2.94. The van der Waals surface area contributed by atoms with Crippen LogP contribution in [0.5, 0.6) is 11.5 Å². The molecular formula is C34H43F3O2. The first-order chi connectivity index (χ1) is 18.9. The second kappa shape index (κ2) is 11.4. The Morgan fingerprint density at radius 2 is 1.05 bits per heavy atom. The van der Waals surface area contributed by atoms with Crippen LogP contribution < -0.4 is 9.47 Å². The largest absolute Gasteiger partial charge is 0.490 e. The van der Waals surface area contributed by atoms with Gasteiger partial charge in [-0.05, 0) is 116 Å². The maximum absolute atomic E-state index is 15.5. The lowest BCUT2D eigenvalue weighted by Gasteiger charge is -2.37. The van der Waals surface area contributed by atoms with Crippen LogP contribution in [0.1, 0.15) is 90.9 Å². The van der Waals surface area contributed by atoms with E-state index in [9.17, 15) is 4.39 Å². The minimum atomic E-state index is -1.03. The molecule has 0 amide bonds. The van der Waals surface area contributed by atoms with Gasteiger partial charge in [0.25, 0.3) is 0 Å². The lowest BCUT2D eigenvalue weighted by atomic mass is 9.69. The first-order valence-corrected chi connectivity index (χ1v) is 15.5. The third-order valence-electron chi connectivity index (χ3n) is 10.5. The van der Waals surface area contributed by atoms with Gasteiger partial charge < -0.3 is 9.47 Å². The van der Waals surface area contributed by atoms with Crippen LogP contribution in [-0.2, 0) is 0 Å². The van der Waals surface area contributed by atoms with Crippen LogP contribution in [0.15, 0.2) is 18.2 Å². The fourth-order valence-corrected chi connectivity index (χ4v) is 7.73. The summed E-state index contributed by atoms with van der Waals surface area (Å²) in [6, 6.07) is 4.94. The maximum atomic E-state index is 15.5. The Hall–Kier alpha value is -2.17. The Morgan fingerprint density at radius 3 is 1.67 bits per heavy atom. The van der Waals surface area contributed by atoms with E-state index in [2.05, 4.69) is 13.8 Å². The molecular weight excluding hydrogens is 497 g/mol. The van der Waals surface area contributed by atoms with Crippen molar-refractivity contribution in [2.45, 2.75) is 90.9 Å². The van der Waals surface area contributed by atoms with E-state index in [1.165, 1.54) is 44.6 Å². The SMILES string of the molecule is CC1CCC(COc2cc3c(c(F)c2F)-c2c-3ccc(OCC3CCC(C4CCC(C)CC4)CC3)c2F)CC1. The van der Waals surface area contributed by atoms with Crippen LogP contribution in [0.25, 0.3) is 22.3 Å². The third kappa shape index (κ3) is 5.44. The molecule has 0 N–H and O–H groups in total. The zero-order valence-electron chi connectivity index (χ0n) is 23.5. The van der Waals surface area contributed by atoms with E-state index in [4.69, 9.17) is 9.47 Å². The van der Waals surface area contributed by atoms with E-state index in [1.807, 2.05) is 0 Å². The highest BCUT2D eigenvalue weighted by Crippen LogP contribution is 2.54. The van der Waals surface area contributed by atoms with Crippen LogP contribution in [0.3, 0.4) is 0 Å². The highest BCUT2D eigenvalue weighted by Gasteiger charge is 2.36. The second-order valence-corrected chi connectivity index (χ2v) is 13.3. The lowest BCUT2D eigenvalue weighted by Crippen LogP contribution is -2.27. The molecule has 2 nitrogen and oxygen atoms in total. The van der Waals surface area contributed by atoms with Crippen LogP contribution in [0, 0.1) is 53.0 Å². The van der Waals surface area contributed by atoms with E-state index in [1.54, 1.807) is 12.1 Å². The van der Waals surface area contributed by atoms with E-state index in [-0.39, 0.29) is 22.6 Å². The molecule has 0 bridgehead atoms. The Kier molecular flexibility index (Phi) is 7.88. The molecule has 0 atom stereocenters. The quantitative estimate of drug-likeness (QED) is 0.297. The average molecular weight is 541 g/mol. The Labute approximate surface area is 231 Å². The van der Waals surface area contributed by atoms with Crippen molar-refractivity contribution in [2.75, 3.05) is 13.2 Å². The fraction of sp³-hybridized carbons (Fsp3) is 0.647. The highest BCUT2D eigenvalue weighted by atomic mass is 19.2. The molecule has 3 saturated carbocycles. The topological polar surface area (TPSA) is 18.5 Å². The number of benzene rings is 2. The van der Waals surface area contributed by atoms with E-state index >= 15 is 8.78 Å². The number of rotatable bonds is 7. The summed E-state index contributed by atoms with van der Waals surface area (Å²) in [5.74, 6) is 1.51. The molecule has 2 aromatic rings. The van der Waals surface area contributed by atoms with Crippen molar-refractivity contribution in [1.29, 1.82) is 0 Å². The molecule has 0 saturated heterocycles. The number of hydrogen-bond donors (Lipinski definition) is 0. The van der Waals surface area contributed by atoms with Gasteiger partial charge in [-0.25, -0.2) is 8.78 Å². The molecule has 3 fully saturated rings. The van der Waals surface area contributed by atoms with Gasteiger partial charge in [-0.1, -0.05) is 39.5 Å². The number of fused-ring (bicyclic) bond motifs is 4. The Balaban J connectivity index is 1.06. The Morgan fingerprint density at radius 1 is 0.564 bits per heavy atom. The molecule has 0 radical (unpaired) electrons. The molecule has 4 aliphatic carbocycles. The smallest absolute Gasteiger partial charge is 0.201 e. The summed E-state index contributed by atoms with van der Waals surface area (Å²) in [7, 11) is 0. The summed E-state index contributed by atoms with van der Waals surface area (Å²) in [5.41, 5.74) is 1.23. The van der Waals surface area contributed by atoms with Crippen LogP contribution in [-0.4, -0.2) is 13.2 Å². The molecule has 0 unspecified atom stereocenters. The molecule has 6 rings (SSSR count). The monoisotopic (exact) mass is 540 g/mol. The summed E-state index contributed by atoms with van der Waals surface area (Å²) in [4.78, 5) is 0. The van der Waals surface area contributed by atoms with Crippen molar-refractivity contribution in [3.8, 4) is 33.8 Å². The molecule has 0 aromatic heterocycles. The first kappa shape index (κ1) is 27.0. The standard InChI is InChI=1S/C34H43F3O2/c1-20-3-7-22(8-4-20)19-39-29-17-27-26-15-16-28(32(35)30(26)31(27)34(37)33(29)36)38-18-23-9-13-25(14-10-23)24-11-5-21(2)6-12-24/h15-17,20-25H,3-14,18-19H2,1-2H3. The van der Waals surface area contributed by atoms with Gasteiger partial charge >= 0.3 is 0 Å². The van der Waals surface area contributed by atoms with Gasteiger partial charge in [0.15, 0.2) is 23.1 Å². The predicted molar refractivity (Wildman–Crippen MR) is 149 cm³/mol. The minimum absolute atomic E-state index is 0.00611. The summed E-state index contributed by atoms with van der Waals surface area (Å²) < 4.78 is 57.3. The molecule has 4 aliphatic rings. The van der Waals surface area contributed by atoms with Crippen LogP contribution in [0.4, 0.5) is 13.2 Å². The summed E-state index contributed by atoms with van der Waals surface area (Å²) in [5, 5.41) is 0. The third-order valence-corrected chi connectivity index (χ3v) is 10.5. The number of halogens is 3. The zero-order chi connectivity index (χ0) is 27.1. The first-order valence-electron chi connectivity index (χ1n) is 15.5. The van der Waals surface area contributed by atoms with Gasteiger partial charge in [0, 0.05) is 11.1 Å². The van der Waals surface area contributed by atoms with Crippen molar-refractivity contribution in [2.24, 2.45) is 35.5 Å². The molecule has 212 valence electrons. The van der Waals surface area contributed by atoms with Crippen LogP contribution in [0.2, 0.25) is 0 Å². The number of hydrogen-bond acceptors (Lipinski definition) is 2. The van der Waals surface area contributed by atoms with Gasteiger partial charge in [0.1, 0.15) is 0 Å². The van der Waals surface area contributed by atoms with E-state index in [0.717, 1.165) is 62.2 Å². The molecule has 5 heteroatoms. The summed E-state index contributed by atoms with van der Waals surface area (Å²) >= 11 is 0. The predicted octanol–water partition coefficient (Wildman–Crippen LogP) is 9.97. The molecule has 0 spiro atoms. The van der Waals surface area contributed by atoms with Crippen molar-refractivity contribution in [3.05, 3.63) is 35.7 Å². The van der Waals surface area contributed by atoms with E-state index < -0.39 is 17.5 Å².